The Labute approximate surface area is 440 Å². The average molecular weight is 1040 g/mol. The predicted octanol–water partition coefficient (Wildman–Crippen LogP) is 7.19. The zero-order valence-corrected chi connectivity index (χ0v) is 45.4. The molecule has 5 aliphatic rings. The van der Waals surface area contributed by atoms with Crippen LogP contribution in [0.3, 0.4) is 0 Å². The number of thiazole rings is 1. The first-order valence-electron chi connectivity index (χ1n) is 27.0. The fourth-order valence-corrected chi connectivity index (χ4v) is 12.1. The third kappa shape index (κ3) is 12.6. The minimum absolute atomic E-state index is 0.0228. The fourth-order valence-electron chi connectivity index (χ4n) is 11.1. The van der Waals surface area contributed by atoms with Crippen LogP contribution in [-0.2, 0) is 41.5 Å². The number of carbonyl (C=O) groups excluding carboxylic acids is 2. The number of hydrazine groups is 1. The van der Waals surface area contributed by atoms with Gasteiger partial charge in [-0.15, -0.1) is 11.3 Å². The summed E-state index contributed by atoms with van der Waals surface area (Å²) in [6.45, 7) is 19.5. The first-order valence-corrected chi connectivity index (χ1v) is 27.9. The van der Waals surface area contributed by atoms with Gasteiger partial charge in [-0.3, -0.25) is 29.4 Å². The Bertz CT molecular complexity index is 2590. The number of hydrogen-bond acceptors (Lipinski definition) is 15. The Morgan fingerprint density at radius 1 is 0.959 bits per heavy atom. The molecule has 19 heteroatoms. The molecule has 4 saturated heterocycles. The van der Waals surface area contributed by atoms with E-state index in [0.29, 0.717) is 69.4 Å². The second-order valence-electron chi connectivity index (χ2n) is 22.7. The lowest BCUT2D eigenvalue weighted by Gasteiger charge is -2.38. The van der Waals surface area contributed by atoms with Gasteiger partial charge in [0.1, 0.15) is 22.7 Å². The van der Waals surface area contributed by atoms with Crippen molar-refractivity contribution in [1.29, 1.82) is 0 Å². The number of pyridine rings is 1. The maximum absolute atomic E-state index is 14.8. The second-order valence-corrected chi connectivity index (χ2v) is 23.6. The summed E-state index contributed by atoms with van der Waals surface area (Å²) in [5, 5.41) is 28.8. The molecule has 18 nitrogen and oxygen atoms in total. The third-order valence-corrected chi connectivity index (χ3v) is 16.3. The van der Waals surface area contributed by atoms with E-state index in [1.165, 1.54) is 29.2 Å². The van der Waals surface area contributed by atoms with Crippen molar-refractivity contribution in [3.8, 4) is 22.5 Å². The second kappa shape index (κ2) is 23.3. The summed E-state index contributed by atoms with van der Waals surface area (Å²) in [5.41, 5.74) is 9.22. The molecule has 1 aliphatic carbocycles. The number of alkyl carbamates (subject to hydrolysis) is 1. The van der Waals surface area contributed by atoms with Gasteiger partial charge in [-0.2, -0.15) is 0 Å². The largest absolute Gasteiger partial charge is 0.480 e. The number of aromatic nitrogens is 3. The monoisotopic (exact) mass is 1040 g/mol. The van der Waals surface area contributed by atoms with E-state index in [4.69, 9.17) is 28.9 Å². The highest BCUT2D eigenvalue weighted by molar-refractivity contribution is 7.10. The molecule has 404 valence electrons. The number of carboxylic acid groups (broad SMARTS) is 1. The predicted molar refractivity (Wildman–Crippen MR) is 285 cm³/mol. The number of rotatable bonds is 19. The molecule has 4 atom stereocenters. The molecule has 4 N–H and O–H groups in total. The quantitative estimate of drug-likeness (QED) is 0.0737. The number of carbonyl (C=O) groups is 3. The molecule has 1 aromatic carbocycles. The molecule has 0 unspecified atom stereocenters. The van der Waals surface area contributed by atoms with Crippen molar-refractivity contribution in [3.63, 3.8) is 0 Å². The van der Waals surface area contributed by atoms with Gasteiger partial charge in [0.25, 0.3) is 5.91 Å². The molecule has 5 fully saturated rings. The van der Waals surface area contributed by atoms with Crippen molar-refractivity contribution in [1.82, 2.24) is 40.1 Å². The lowest BCUT2D eigenvalue weighted by Crippen LogP contribution is -2.62. The molecular weight excluding hydrogens is 963 g/mol. The van der Waals surface area contributed by atoms with E-state index >= 15 is 0 Å². The number of ether oxygens (including phenoxy) is 4. The van der Waals surface area contributed by atoms with Gasteiger partial charge < -0.3 is 43.9 Å². The van der Waals surface area contributed by atoms with Gasteiger partial charge >= 0.3 is 12.1 Å². The molecule has 0 bridgehead atoms. The topological polar surface area (TPSA) is 196 Å². The molecule has 2 amide bonds. The molecule has 1 saturated carbocycles. The summed E-state index contributed by atoms with van der Waals surface area (Å²) < 4.78 is 26.5. The van der Waals surface area contributed by atoms with Gasteiger partial charge in [0, 0.05) is 99.7 Å². The summed E-state index contributed by atoms with van der Waals surface area (Å²) >= 11 is 1.43. The highest BCUT2D eigenvalue weighted by Crippen LogP contribution is 2.44. The van der Waals surface area contributed by atoms with E-state index in [9.17, 15) is 24.6 Å². The summed E-state index contributed by atoms with van der Waals surface area (Å²) in [6, 6.07) is 6.75. The van der Waals surface area contributed by atoms with Crippen molar-refractivity contribution in [2.24, 2.45) is 5.41 Å². The lowest BCUT2D eigenvalue weighted by molar-refractivity contribution is -0.148. The molecule has 74 heavy (non-hydrogen) atoms. The van der Waals surface area contributed by atoms with Crippen LogP contribution in [0.15, 0.2) is 35.8 Å². The molecule has 4 aliphatic heterocycles. The molecule has 0 radical (unpaired) electrons. The Kier molecular flexibility index (Phi) is 17.0. The van der Waals surface area contributed by atoms with Crippen molar-refractivity contribution >= 4 is 45.9 Å². The molecule has 3 aromatic heterocycles. The van der Waals surface area contributed by atoms with Crippen molar-refractivity contribution < 1.29 is 43.5 Å². The van der Waals surface area contributed by atoms with Gasteiger partial charge in [0.05, 0.1) is 53.8 Å². The van der Waals surface area contributed by atoms with Crippen LogP contribution in [0, 0.1) is 5.41 Å². The van der Waals surface area contributed by atoms with Crippen molar-refractivity contribution in [2.75, 3.05) is 84.3 Å². The molecular formula is C55H79N9O9S. The number of nitrogens with zero attached hydrogens (tertiary/aromatic N) is 7. The van der Waals surface area contributed by atoms with Gasteiger partial charge in [-0.05, 0) is 128 Å². The molecule has 4 aromatic rings. The number of amides is 2. The number of aliphatic hydroxyl groups excluding tert-OH is 1. The first kappa shape index (κ1) is 54.1. The van der Waals surface area contributed by atoms with Gasteiger partial charge in [-0.25, -0.2) is 15.2 Å². The number of methoxy groups -OCH3 is 1. The smallest absolute Gasteiger partial charge is 0.408 e. The van der Waals surface area contributed by atoms with E-state index in [2.05, 4.69) is 68.1 Å². The van der Waals surface area contributed by atoms with Crippen LogP contribution >= 0.6 is 11.3 Å². The van der Waals surface area contributed by atoms with Crippen LogP contribution < -0.4 is 15.6 Å². The summed E-state index contributed by atoms with van der Waals surface area (Å²) in [7, 11) is 1.72. The number of anilines is 1. The van der Waals surface area contributed by atoms with E-state index in [0.717, 1.165) is 103 Å². The van der Waals surface area contributed by atoms with Gasteiger partial charge in [0.2, 0.25) is 0 Å². The zero-order chi connectivity index (χ0) is 52.3. The third-order valence-electron chi connectivity index (χ3n) is 15.3. The first-order chi connectivity index (χ1) is 35.5. The lowest BCUT2D eigenvalue weighted by atomic mass is 9.84. The number of carboxylic acids is 1. The number of piperazine rings is 1. The van der Waals surface area contributed by atoms with Crippen LogP contribution in [-0.4, -0.2) is 167 Å². The Hall–Kier alpha value is -4.73. The number of aliphatic carboxylic acids is 1. The van der Waals surface area contributed by atoms with E-state index < -0.39 is 47.1 Å². The summed E-state index contributed by atoms with van der Waals surface area (Å²) in [4.78, 5) is 58.4. The highest BCUT2D eigenvalue weighted by atomic mass is 32.1. The number of hydrogen-bond donors (Lipinski definition) is 4. The fraction of sp³-hybridized carbons (Fsp3) is 0.655. The Morgan fingerprint density at radius 3 is 2.38 bits per heavy atom. The van der Waals surface area contributed by atoms with Crippen molar-refractivity contribution in [2.45, 2.75) is 148 Å². The maximum Gasteiger partial charge on any atom is 0.408 e. The minimum atomic E-state index is -1.15. The maximum atomic E-state index is 14.8. The van der Waals surface area contributed by atoms with E-state index in [1.54, 1.807) is 27.9 Å². The number of aliphatic hydroxyl groups is 1. The minimum Gasteiger partial charge on any atom is -0.480 e. The van der Waals surface area contributed by atoms with E-state index in [1.807, 2.05) is 18.5 Å². The highest BCUT2D eigenvalue weighted by Gasteiger charge is 2.43. The number of nitrogens with one attached hydrogen (secondary N) is 2. The van der Waals surface area contributed by atoms with Crippen LogP contribution in [0.2, 0.25) is 0 Å². The van der Waals surface area contributed by atoms with Crippen molar-refractivity contribution in [3.05, 3.63) is 52.1 Å². The standard InChI is InChI=1S/C55H79N9O9S/c1-35(70-7)46-41(30-38(32-56-46)61-23-21-60(22-24-61)37-13-14-37)48-42(31-55(5,6)34-65)40-29-36(12-15-45(40)63(48)25-28-72-39-16-26-71-27-17-39)44-33-74-50(57-44)49(62-18-8-9-19-62)47(58-53(69)73-54(2,3)4)51(66)64-20-10-11-43(59-64)52(67)68/h12,15,29-30,32-33,35,37,39,43,47,49,59,65H,8-11,13-14,16-28,31,34H2,1-7H3,(H,58,69)(H,67,68)/t35-,43-,47-,49-/m0/s1. The molecule has 0 spiro atoms. The zero-order valence-electron chi connectivity index (χ0n) is 44.6. The summed E-state index contributed by atoms with van der Waals surface area (Å²) in [5.74, 6) is -1.50. The molecule has 7 heterocycles. The number of benzene rings is 1. The van der Waals surface area contributed by atoms with Crippen LogP contribution in [0.5, 0.6) is 0 Å². The van der Waals surface area contributed by atoms with E-state index in [-0.39, 0.29) is 25.4 Å². The Balaban J connectivity index is 1.15. The normalized spacial score (nSPS) is 21.0. The average Bonchev–Trinajstić information content (AvgIpc) is 3.74. The Morgan fingerprint density at radius 2 is 1.70 bits per heavy atom. The number of likely N-dealkylation sites (tertiary alicyclic amines) is 1. The van der Waals surface area contributed by atoms with Crippen LogP contribution in [0.25, 0.3) is 33.4 Å². The SMILES string of the molecule is CO[C@@H](C)c1ncc(N2CCN(C3CC3)CC2)cc1-c1c(CC(C)(C)CO)c2cc(-c3csc([C@H]([C@H](NC(=O)OC(C)(C)C)C(=O)N4CCC[C@@H](C(=O)O)N4)N4CCCC4)n3)ccc2n1CCOC1CCOCC1. The summed E-state index contributed by atoms with van der Waals surface area (Å²) in [6.07, 6.45) is 8.61. The van der Waals surface area contributed by atoms with Gasteiger partial charge in [-0.1, -0.05) is 19.9 Å². The van der Waals surface area contributed by atoms with Gasteiger partial charge in [0.15, 0.2) is 0 Å². The van der Waals surface area contributed by atoms with Crippen LogP contribution in [0.1, 0.15) is 121 Å². The number of fused-ring (bicyclic) bond motifs is 1. The van der Waals surface area contributed by atoms with Crippen LogP contribution in [0.4, 0.5) is 10.5 Å². The molecule has 9 rings (SSSR count).